The molecule has 0 radical (unpaired) electrons. The molecule has 0 aliphatic heterocycles. The second-order valence-electron chi connectivity index (χ2n) is 5.73. The van der Waals surface area contributed by atoms with E-state index in [4.69, 9.17) is 0 Å². The number of aromatic amines is 1. The molecular weight excluding hydrogens is 304 g/mol. The number of nitrogens with one attached hydrogen (secondary N) is 3. The topological polar surface area (TPSA) is 86.9 Å². The average Bonchev–Trinajstić information content (AvgIpc) is 3.02. The highest BCUT2D eigenvalue weighted by molar-refractivity contribution is 6.01. The Bertz CT molecular complexity index is 901. The van der Waals surface area contributed by atoms with Gasteiger partial charge in [0.25, 0.3) is 5.91 Å². The minimum absolute atomic E-state index is 0.273. The highest BCUT2D eigenvalue weighted by Crippen LogP contribution is 2.16. The van der Waals surface area contributed by atoms with Crippen molar-refractivity contribution in [1.82, 2.24) is 15.5 Å². The van der Waals surface area contributed by atoms with Crippen LogP contribution in [0.3, 0.4) is 0 Å². The van der Waals surface area contributed by atoms with Gasteiger partial charge < -0.3 is 10.6 Å². The third-order valence-corrected chi connectivity index (χ3v) is 3.73. The maximum Gasteiger partial charge on any atom is 0.251 e. The first kappa shape index (κ1) is 15.7. The molecule has 0 aliphatic rings. The van der Waals surface area contributed by atoms with E-state index in [2.05, 4.69) is 20.8 Å². The molecule has 3 aromatic rings. The number of carbonyl (C=O) groups excluding carboxylic acids is 2. The van der Waals surface area contributed by atoms with Crippen molar-refractivity contribution in [2.45, 2.75) is 19.9 Å². The Balaban J connectivity index is 1.64. The van der Waals surface area contributed by atoms with Crippen LogP contribution in [0.25, 0.3) is 10.9 Å². The maximum atomic E-state index is 12.3. The number of fused-ring (bicyclic) bond motifs is 1. The Labute approximate surface area is 139 Å². The number of H-pyrrole nitrogens is 1. The number of hydrogen-bond acceptors (Lipinski definition) is 3. The maximum absolute atomic E-state index is 12.3. The summed E-state index contributed by atoms with van der Waals surface area (Å²) in [6.07, 6.45) is 1.71. The van der Waals surface area contributed by atoms with E-state index < -0.39 is 6.04 Å². The Morgan fingerprint density at radius 1 is 1.17 bits per heavy atom. The first-order valence-corrected chi connectivity index (χ1v) is 7.64. The summed E-state index contributed by atoms with van der Waals surface area (Å²) < 4.78 is 0. The fourth-order valence-electron chi connectivity index (χ4n) is 2.40. The fraction of sp³-hybridized carbons (Fsp3) is 0.167. The number of rotatable bonds is 4. The summed E-state index contributed by atoms with van der Waals surface area (Å²) in [7, 11) is 0. The van der Waals surface area contributed by atoms with Gasteiger partial charge in [0.2, 0.25) is 5.91 Å². The van der Waals surface area contributed by atoms with Crippen LogP contribution < -0.4 is 10.6 Å². The molecule has 2 aromatic carbocycles. The first-order chi connectivity index (χ1) is 11.5. The molecular formula is C18H18N4O2. The molecule has 3 rings (SSSR count). The van der Waals surface area contributed by atoms with Gasteiger partial charge in [-0.25, -0.2) is 0 Å². The van der Waals surface area contributed by atoms with Crippen molar-refractivity contribution in [2.75, 3.05) is 5.32 Å². The van der Waals surface area contributed by atoms with Gasteiger partial charge in [-0.2, -0.15) is 5.10 Å². The molecule has 122 valence electrons. The van der Waals surface area contributed by atoms with E-state index in [9.17, 15) is 9.59 Å². The van der Waals surface area contributed by atoms with Crippen molar-refractivity contribution >= 4 is 28.4 Å². The standard InChI is InChI=1S/C18H18N4O2/c1-11-4-3-5-13(8-11)18(24)20-12(2)17(23)21-15-7-6-14-10-19-22-16(14)9-15/h3-10,12H,1-2H3,(H,19,22)(H,20,24)(H,21,23). The molecule has 1 aromatic heterocycles. The molecule has 1 atom stereocenters. The lowest BCUT2D eigenvalue weighted by atomic mass is 10.1. The molecule has 0 saturated carbocycles. The molecule has 0 bridgehead atoms. The van der Waals surface area contributed by atoms with Gasteiger partial charge in [0.1, 0.15) is 6.04 Å². The Hall–Kier alpha value is -3.15. The van der Waals surface area contributed by atoms with Crippen LogP contribution in [0.5, 0.6) is 0 Å². The van der Waals surface area contributed by atoms with E-state index in [0.717, 1.165) is 16.5 Å². The lowest BCUT2D eigenvalue weighted by Crippen LogP contribution is -2.41. The second kappa shape index (κ2) is 6.54. The predicted molar refractivity (Wildman–Crippen MR) is 92.8 cm³/mol. The molecule has 0 aliphatic carbocycles. The SMILES string of the molecule is Cc1cccc(C(=O)NC(C)C(=O)Nc2ccc3cn[nH]c3c2)c1. The highest BCUT2D eigenvalue weighted by atomic mass is 16.2. The van der Waals surface area contributed by atoms with Gasteiger partial charge in [-0.05, 0) is 44.2 Å². The summed E-state index contributed by atoms with van der Waals surface area (Å²) in [6, 6.07) is 12.0. The lowest BCUT2D eigenvalue weighted by molar-refractivity contribution is -0.117. The van der Waals surface area contributed by atoms with Gasteiger partial charge in [0, 0.05) is 16.6 Å². The van der Waals surface area contributed by atoms with Gasteiger partial charge in [0.05, 0.1) is 11.7 Å². The number of hydrogen-bond donors (Lipinski definition) is 3. The van der Waals surface area contributed by atoms with Crippen molar-refractivity contribution in [2.24, 2.45) is 0 Å². The van der Waals surface area contributed by atoms with Crippen LogP contribution in [0, 0.1) is 6.92 Å². The van der Waals surface area contributed by atoms with E-state index in [0.29, 0.717) is 11.3 Å². The van der Waals surface area contributed by atoms with Gasteiger partial charge in [0.15, 0.2) is 0 Å². The summed E-state index contributed by atoms with van der Waals surface area (Å²) in [5.41, 5.74) is 3.01. The van der Waals surface area contributed by atoms with Gasteiger partial charge in [-0.1, -0.05) is 17.7 Å². The monoisotopic (exact) mass is 322 g/mol. The molecule has 0 fully saturated rings. The summed E-state index contributed by atoms with van der Waals surface area (Å²) in [6.45, 7) is 3.57. The Morgan fingerprint density at radius 2 is 2.00 bits per heavy atom. The summed E-state index contributed by atoms with van der Waals surface area (Å²) >= 11 is 0. The minimum atomic E-state index is -0.657. The zero-order valence-corrected chi connectivity index (χ0v) is 13.5. The molecule has 0 spiro atoms. The van der Waals surface area contributed by atoms with Crippen molar-refractivity contribution in [3.63, 3.8) is 0 Å². The third-order valence-electron chi connectivity index (χ3n) is 3.73. The molecule has 1 heterocycles. The Morgan fingerprint density at radius 3 is 2.79 bits per heavy atom. The lowest BCUT2D eigenvalue weighted by Gasteiger charge is -2.14. The van der Waals surface area contributed by atoms with Gasteiger partial charge in [-0.3, -0.25) is 14.7 Å². The van der Waals surface area contributed by atoms with Crippen LogP contribution in [0.1, 0.15) is 22.8 Å². The second-order valence-corrected chi connectivity index (χ2v) is 5.73. The highest BCUT2D eigenvalue weighted by Gasteiger charge is 2.17. The fourth-order valence-corrected chi connectivity index (χ4v) is 2.40. The quantitative estimate of drug-likeness (QED) is 0.690. The van der Waals surface area contributed by atoms with Crippen molar-refractivity contribution in [1.29, 1.82) is 0 Å². The molecule has 2 amide bonds. The number of nitrogens with zero attached hydrogens (tertiary/aromatic N) is 1. The molecule has 6 nitrogen and oxygen atoms in total. The number of anilines is 1. The number of aromatic nitrogens is 2. The summed E-state index contributed by atoms with van der Waals surface area (Å²) in [5.74, 6) is -0.555. The largest absolute Gasteiger partial charge is 0.341 e. The number of amides is 2. The van der Waals surface area contributed by atoms with E-state index in [1.165, 1.54) is 0 Å². The zero-order chi connectivity index (χ0) is 17.1. The zero-order valence-electron chi connectivity index (χ0n) is 13.5. The average molecular weight is 322 g/mol. The van der Waals surface area contributed by atoms with Crippen LogP contribution in [0.2, 0.25) is 0 Å². The van der Waals surface area contributed by atoms with Crippen molar-refractivity contribution in [3.05, 3.63) is 59.8 Å². The number of benzene rings is 2. The van der Waals surface area contributed by atoms with Gasteiger partial charge in [-0.15, -0.1) is 0 Å². The third kappa shape index (κ3) is 3.43. The van der Waals surface area contributed by atoms with Gasteiger partial charge >= 0.3 is 0 Å². The summed E-state index contributed by atoms with van der Waals surface area (Å²) in [4.78, 5) is 24.5. The molecule has 6 heteroatoms. The van der Waals surface area contributed by atoms with Crippen LogP contribution in [-0.2, 0) is 4.79 Å². The minimum Gasteiger partial charge on any atom is -0.341 e. The molecule has 1 unspecified atom stereocenters. The smallest absolute Gasteiger partial charge is 0.251 e. The van der Waals surface area contributed by atoms with Crippen LogP contribution in [-0.4, -0.2) is 28.1 Å². The molecule has 3 N–H and O–H groups in total. The van der Waals surface area contributed by atoms with Crippen LogP contribution >= 0.6 is 0 Å². The Kier molecular flexibility index (Phi) is 4.29. The first-order valence-electron chi connectivity index (χ1n) is 7.64. The van der Waals surface area contributed by atoms with Crippen molar-refractivity contribution < 1.29 is 9.59 Å². The van der Waals surface area contributed by atoms with E-state index in [1.807, 2.05) is 25.1 Å². The van der Waals surface area contributed by atoms with Crippen LogP contribution in [0.4, 0.5) is 5.69 Å². The van der Waals surface area contributed by atoms with E-state index >= 15 is 0 Å². The predicted octanol–water partition coefficient (Wildman–Crippen LogP) is 2.63. The van der Waals surface area contributed by atoms with E-state index in [1.54, 1.807) is 37.4 Å². The summed E-state index contributed by atoms with van der Waals surface area (Å²) in [5, 5.41) is 13.3. The normalized spacial score (nSPS) is 11.9. The van der Waals surface area contributed by atoms with E-state index in [-0.39, 0.29) is 11.8 Å². The van der Waals surface area contributed by atoms with Crippen LogP contribution in [0.15, 0.2) is 48.7 Å². The number of aryl methyl sites for hydroxylation is 1. The molecule has 0 saturated heterocycles. The molecule has 24 heavy (non-hydrogen) atoms. The van der Waals surface area contributed by atoms with Crippen molar-refractivity contribution in [3.8, 4) is 0 Å². The number of carbonyl (C=O) groups is 2.